The van der Waals surface area contributed by atoms with Gasteiger partial charge in [0.05, 0.1) is 24.0 Å². The number of hydrogen-bond donors (Lipinski definition) is 3. The molecule has 5 aliphatic carbocycles. The highest BCUT2D eigenvalue weighted by molar-refractivity contribution is 6.20. The van der Waals surface area contributed by atoms with Gasteiger partial charge in [0.1, 0.15) is 0 Å². The normalized spacial score (nSPS) is 39.5. The lowest BCUT2D eigenvalue weighted by Gasteiger charge is -2.62. The van der Waals surface area contributed by atoms with Crippen molar-refractivity contribution < 1.29 is 14.6 Å². The van der Waals surface area contributed by atoms with Crippen molar-refractivity contribution in [2.24, 2.45) is 40.4 Å². The van der Waals surface area contributed by atoms with Crippen molar-refractivity contribution in [3.63, 3.8) is 0 Å². The lowest BCUT2D eigenvalue weighted by Crippen LogP contribution is -2.65. The van der Waals surface area contributed by atoms with Crippen LogP contribution in [-0.4, -0.2) is 70.9 Å². The van der Waals surface area contributed by atoms with Gasteiger partial charge in [0, 0.05) is 31.1 Å². The largest absolute Gasteiger partial charge is 0.390 e. The molecule has 1 heterocycles. The van der Waals surface area contributed by atoms with E-state index in [0.717, 1.165) is 64.1 Å². The summed E-state index contributed by atoms with van der Waals surface area (Å²) in [4.78, 5) is 16.3. The number of carbonyl (C=O) groups excluding carboxylic acids is 1. The summed E-state index contributed by atoms with van der Waals surface area (Å²) in [5.74, 6) is 3.10. The van der Waals surface area contributed by atoms with E-state index in [1.54, 1.807) is 0 Å². The molecule has 1 aliphatic heterocycles. The molecule has 1 amide bonds. The number of likely N-dealkylation sites (tertiary alicyclic amines) is 1. The van der Waals surface area contributed by atoms with E-state index in [-0.39, 0.29) is 40.3 Å². The van der Waals surface area contributed by atoms with E-state index >= 15 is 0 Å². The Morgan fingerprint density at radius 1 is 1.02 bits per heavy atom. The van der Waals surface area contributed by atoms with Crippen molar-refractivity contribution in [1.82, 2.24) is 15.5 Å². The molecule has 6 rings (SSSR count). The molecule has 4 bridgehead atoms. The minimum Gasteiger partial charge on any atom is -0.390 e. The summed E-state index contributed by atoms with van der Waals surface area (Å²) in [7, 11) is 0. The Balaban J connectivity index is 1.26. The van der Waals surface area contributed by atoms with Gasteiger partial charge in [-0.1, -0.05) is 27.7 Å². The molecular formula is C35H62ClN3O3. The first-order valence-corrected chi connectivity index (χ1v) is 17.8. The molecule has 6 nitrogen and oxygen atoms in total. The molecular weight excluding hydrogens is 546 g/mol. The van der Waals surface area contributed by atoms with Gasteiger partial charge in [0.15, 0.2) is 0 Å². The molecule has 1 saturated heterocycles. The van der Waals surface area contributed by atoms with Crippen molar-refractivity contribution in [3.05, 3.63) is 0 Å². The second-order valence-electron chi connectivity index (χ2n) is 17.5. The number of ether oxygens (including phenoxy) is 1. The van der Waals surface area contributed by atoms with E-state index in [1.807, 2.05) is 0 Å². The van der Waals surface area contributed by atoms with Gasteiger partial charge in [-0.05, 0) is 132 Å². The number of halogens is 1. The molecule has 6 aliphatic rings. The Hall–Kier alpha value is -0.400. The number of alkyl halides is 1. The van der Waals surface area contributed by atoms with Crippen LogP contribution in [0.4, 0.5) is 0 Å². The number of aliphatic hydroxyl groups is 1. The Morgan fingerprint density at radius 2 is 1.67 bits per heavy atom. The molecule has 0 aromatic carbocycles. The van der Waals surface area contributed by atoms with Crippen LogP contribution in [0.1, 0.15) is 119 Å². The summed E-state index contributed by atoms with van der Waals surface area (Å²) < 4.78 is 6.15. The molecule has 0 radical (unpaired) electrons. The van der Waals surface area contributed by atoms with Crippen molar-refractivity contribution in [1.29, 1.82) is 0 Å². The van der Waals surface area contributed by atoms with Gasteiger partial charge in [-0.3, -0.25) is 10.1 Å². The van der Waals surface area contributed by atoms with Crippen LogP contribution < -0.4 is 10.6 Å². The first kappa shape index (κ1) is 33.0. The van der Waals surface area contributed by atoms with E-state index in [0.29, 0.717) is 29.9 Å². The Labute approximate surface area is 261 Å². The van der Waals surface area contributed by atoms with Crippen molar-refractivity contribution >= 4 is 17.5 Å². The number of piperidine rings is 1. The molecule has 3 unspecified atom stereocenters. The number of rotatable bonds is 10. The van der Waals surface area contributed by atoms with Crippen LogP contribution in [0, 0.1) is 40.4 Å². The number of amides is 1. The zero-order valence-corrected chi connectivity index (χ0v) is 28.6. The average Bonchev–Trinajstić information content (AvgIpc) is 2.85. The lowest BCUT2D eigenvalue weighted by molar-refractivity contribution is -0.176. The molecule has 7 heteroatoms. The van der Waals surface area contributed by atoms with Crippen LogP contribution in [0.15, 0.2) is 0 Å². The van der Waals surface area contributed by atoms with Crippen LogP contribution in [0.25, 0.3) is 0 Å². The fourth-order valence-corrected chi connectivity index (χ4v) is 10.8. The number of hydrogen-bond acceptors (Lipinski definition) is 5. The van der Waals surface area contributed by atoms with Crippen LogP contribution in [-0.2, 0) is 9.53 Å². The molecule has 3 N–H and O–H groups in total. The molecule has 242 valence electrons. The standard InChI is InChI=1S/C35H62ClN3O3/c1-23(2)30(31(40)39-13-12-28(33(6,7)21-39)26-8-10-27(36)11-9-26)37-19-29(38-22-42-32(3,4)5)34-15-24-14-25(16-34)18-35(41,17-24)20-34/h23-30,37-38,41H,8-22H2,1-7H3/t24?,25?,26?,27?,28?,29-,30-,34?,35?/m1/s1. The summed E-state index contributed by atoms with van der Waals surface area (Å²) in [6, 6.07) is -0.0561. The zero-order chi connectivity index (χ0) is 30.5. The van der Waals surface area contributed by atoms with Crippen LogP contribution >= 0.6 is 11.6 Å². The maximum Gasteiger partial charge on any atom is 0.239 e. The Kier molecular flexibility index (Phi) is 9.75. The van der Waals surface area contributed by atoms with Gasteiger partial charge < -0.3 is 20.1 Å². The molecule has 0 aromatic rings. The van der Waals surface area contributed by atoms with Gasteiger partial charge in [0.2, 0.25) is 5.91 Å². The van der Waals surface area contributed by atoms with Gasteiger partial charge in [-0.15, -0.1) is 11.6 Å². The van der Waals surface area contributed by atoms with Crippen molar-refractivity contribution in [3.8, 4) is 0 Å². The second-order valence-corrected chi connectivity index (χ2v) is 18.1. The molecule has 42 heavy (non-hydrogen) atoms. The summed E-state index contributed by atoms with van der Waals surface area (Å²) in [6.07, 6.45) is 12.3. The Morgan fingerprint density at radius 3 is 2.21 bits per heavy atom. The summed E-state index contributed by atoms with van der Waals surface area (Å²) in [5, 5.41) is 19.5. The Bertz CT molecular complexity index is 926. The first-order chi connectivity index (χ1) is 19.6. The first-order valence-electron chi connectivity index (χ1n) is 17.3. The summed E-state index contributed by atoms with van der Waals surface area (Å²) in [5.41, 5.74) is -0.563. The van der Waals surface area contributed by atoms with Crippen molar-refractivity contribution in [2.75, 3.05) is 26.4 Å². The van der Waals surface area contributed by atoms with E-state index in [4.69, 9.17) is 16.3 Å². The maximum atomic E-state index is 14.2. The summed E-state index contributed by atoms with van der Waals surface area (Å²) in [6.45, 7) is 18.3. The lowest BCUT2D eigenvalue weighted by atomic mass is 9.46. The highest BCUT2D eigenvalue weighted by Crippen LogP contribution is 2.62. The molecule has 0 spiro atoms. The van der Waals surface area contributed by atoms with Crippen LogP contribution in [0.2, 0.25) is 0 Å². The molecule has 0 aromatic heterocycles. The minimum atomic E-state index is -0.513. The molecule has 5 atom stereocenters. The van der Waals surface area contributed by atoms with Crippen molar-refractivity contribution in [2.45, 2.75) is 148 Å². The minimum absolute atomic E-state index is 0.0556. The maximum absolute atomic E-state index is 14.2. The van der Waals surface area contributed by atoms with Gasteiger partial charge in [-0.25, -0.2) is 0 Å². The van der Waals surface area contributed by atoms with Gasteiger partial charge in [0.25, 0.3) is 0 Å². The smallest absolute Gasteiger partial charge is 0.239 e. The topological polar surface area (TPSA) is 73.8 Å². The second kappa shape index (κ2) is 12.4. The predicted octanol–water partition coefficient (Wildman–Crippen LogP) is 6.34. The SMILES string of the molecule is CC(C)[C@@H](NC[C@@H](NCOC(C)(C)C)C12CC3CC(CC(O)(C3)C1)C2)C(=O)N1CCC(C2CCC(Cl)CC2)C(C)(C)C1. The highest BCUT2D eigenvalue weighted by Gasteiger charge is 2.59. The van der Waals surface area contributed by atoms with Gasteiger partial charge in [-0.2, -0.15) is 0 Å². The third kappa shape index (κ3) is 7.35. The fraction of sp³-hybridized carbons (Fsp3) is 0.971. The quantitative estimate of drug-likeness (QED) is 0.200. The molecule has 5 saturated carbocycles. The molecule has 6 fully saturated rings. The van der Waals surface area contributed by atoms with Crippen LogP contribution in [0.3, 0.4) is 0 Å². The predicted molar refractivity (Wildman–Crippen MR) is 171 cm³/mol. The number of nitrogens with one attached hydrogen (secondary N) is 2. The summed E-state index contributed by atoms with van der Waals surface area (Å²) >= 11 is 6.43. The monoisotopic (exact) mass is 607 g/mol. The average molecular weight is 608 g/mol. The number of carbonyl (C=O) groups is 1. The third-order valence-electron chi connectivity index (χ3n) is 12.0. The van der Waals surface area contributed by atoms with E-state index in [9.17, 15) is 9.90 Å². The fourth-order valence-electron chi connectivity index (χ4n) is 10.5. The highest BCUT2D eigenvalue weighted by atomic mass is 35.5. The van der Waals surface area contributed by atoms with E-state index < -0.39 is 5.60 Å². The van der Waals surface area contributed by atoms with Crippen LogP contribution in [0.5, 0.6) is 0 Å². The van der Waals surface area contributed by atoms with E-state index in [2.05, 4.69) is 64.0 Å². The van der Waals surface area contributed by atoms with E-state index in [1.165, 1.54) is 32.1 Å². The number of nitrogens with zero attached hydrogens (tertiary/aromatic N) is 1. The zero-order valence-electron chi connectivity index (χ0n) is 27.8. The third-order valence-corrected chi connectivity index (χ3v) is 12.5. The van der Waals surface area contributed by atoms with Gasteiger partial charge >= 0.3 is 0 Å².